The van der Waals surface area contributed by atoms with Crippen molar-refractivity contribution >= 4 is 15.9 Å². The van der Waals surface area contributed by atoms with Gasteiger partial charge < -0.3 is 10.1 Å². The van der Waals surface area contributed by atoms with Crippen molar-refractivity contribution in [2.45, 2.75) is 36.7 Å². The fraction of sp³-hybridized carbons (Fsp3) is 0.250. The van der Waals surface area contributed by atoms with Crippen LogP contribution in [-0.2, 0) is 21.4 Å². The summed E-state index contributed by atoms with van der Waals surface area (Å²) in [5.41, 5.74) is 1.03. The molecular formula is C24H20F5N3O4S. The molecule has 0 saturated carbocycles. The first kappa shape index (κ1) is 26.5. The molecule has 2 unspecified atom stereocenters. The van der Waals surface area contributed by atoms with Gasteiger partial charge in [0.2, 0.25) is 21.8 Å². The average molecular weight is 541 g/mol. The van der Waals surface area contributed by atoms with E-state index >= 15 is 0 Å². The van der Waals surface area contributed by atoms with E-state index in [1.54, 1.807) is 0 Å². The molecule has 1 aliphatic rings. The van der Waals surface area contributed by atoms with Gasteiger partial charge in [-0.3, -0.25) is 4.79 Å². The zero-order chi connectivity index (χ0) is 26.7. The first-order chi connectivity index (χ1) is 17.5. The van der Waals surface area contributed by atoms with Crippen LogP contribution in [-0.4, -0.2) is 49.0 Å². The van der Waals surface area contributed by atoms with Gasteiger partial charge in [-0.2, -0.15) is 13.1 Å². The van der Waals surface area contributed by atoms with Crippen molar-refractivity contribution in [1.82, 2.24) is 14.6 Å². The predicted molar refractivity (Wildman–Crippen MR) is 122 cm³/mol. The molecule has 2 heterocycles. The van der Waals surface area contributed by atoms with E-state index in [1.807, 2.05) is 0 Å². The lowest BCUT2D eigenvalue weighted by atomic mass is 10.0. The van der Waals surface area contributed by atoms with Crippen LogP contribution in [0.25, 0.3) is 11.1 Å². The van der Waals surface area contributed by atoms with Crippen molar-refractivity contribution in [3.63, 3.8) is 0 Å². The number of sulfonamides is 1. The quantitative estimate of drug-likeness (QED) is 0.435. The van der Waals surface area contributed by atoms with Gasteiger partial charge >= 0.3 is 6.61 Å². The summed E-state index contributed by atoms with van der Waals surface area (Å²) in [7, 11) is -4.28. The Hall–Kier alpha value is -3.58. The average Bonchev–Trinajstić information content (AvgIpc) is 3.25. The number of hydrogen-bond acceptors (Lipinski definition) is 5. The molecule has 2 atom stereocenters. The van der Waals surface area contributed by atoms with E-state index in [-0.39, 0.29) is 23.7 Å². The fourth-order valence-corrected chi connectivity index (χ4v) is 5.57. The highest BCUT2D eigenvalue weighted by Crippen LogP contribution is 2.29. The summed E-state index contributed by atoms with van der Waals surface area (Å²) in [6, 6.07) is 9.03. The van der Waals surface area contributed by atoms with E-state index in [2.05, 4.69) is 15.0 Å². The second kappa shape index (κ2) is 10.8. The molecular weight excluding hydrogens is 521 g/mol. The lowest BCUT2D eigenvalue weighted by molar-refractivity contribution is -0.124. The molecule has 1 aromatic heterocycles. The van der Waals surface area contributed by atoms with Gasteiger partial charge in [0.05, 0.1) is 4.90 Å². The van der Waals surface area contributed by atoms with Crippen LogP contribution in [0.3, 0.4) is 0 Å². The molecule has 0 bridgehead atoms. The Morgan fingerprint density at radius 1 is 1.05 bits per heavy atom. The first-order valence-corrected chi connectivity index (χ1v) is 12.4. The molecule has 13 heteroatoms. The third-order valence-electron chi connectivity index (χ3n) is 5.63. The smallest absolute Gasteiger partial charge is 0.388 e. The van der Waals surface area contributed by atoms with E-state index < -0.39 is 52.9 Å². The van der Waals surface area contributed by atoms with Crippen molar-refractivity contribution < 1.29 is 39.9 Å². The van der Waals surface area contributed by atoms with Gasteiger partial charge in [0.1, 0.15) is 23.8 Å². The van der Waals surface area contributed by atoms with Crippen LogP contribution in [0.15, 0.2) is 65.7 Å². The molecule has 1 fully saturated rings. The number of nitrogens with zero attached hydrogens (tertiary/aromatic N) is 2. The number of carbonyl (C=O) groups is 1. The number of amides is 1. The van der Waals surface area contributed by atoms with Crippen LogP contribution < -0.4 is 10.1 Å². The molecule has 196 valence electrons. The van der Waals surface area contributed by atoms with Crippen LogP contribution in [0.2, 0.25) is 0 Å². The van der Waals surface area contributed by atoms with Crippen LogP contribution in [0, 0.1) is 11.6 Å². The molecule has 1 aliphatic heterocycles. The van der Waals surface area contributed by atoms with Gasteiger partial charge in [-0.25, -0.2) is 26.6 Å². The molecule has 0 radical (unpaired) electrons. The number of rotatable bonds is 8. The van der Waals surface area contributed by atoms with Crippen molar-refractivity contribution in [2.75, 3.05) is 6.54 Å². The summed E-state index contributed by atoms with van der Waals surface area (Å²) in [6.45, 7) is -3.79. The van der Waals surface area contributed by atoms with E-state index in [1.165, 1.54) is 30.5 Å². The SMILES string of the molecule is O=C(NCc1cc(F)cc(-c2ccc(OC(F)F)nc2)c1)C1CC(F)CN1S(=O)(=O)c1ccc(F)cc1. The summed E-state index contributed by atoms with van der Waals surface area (Å²) >= 11 is 0. The monoisotopic (exact) mass is 541 g/mol. The van der Waals surface area contributed by atoms with Crippen molar-refractivity contribution in [3.05, 3.63) is 78.0 Å². The summed E-state index contributed by atoms with van der Waals surface area (Å²) in [6.07, 6.45) is -0.747. The molecule has 0 spiro atoms. The van der Waals surface area contributed by atoms with Gasteiger partial charge in [-0.05, 0) is 59.7 Å². The first-order valence-electron chi connectivity index (χ1n) is 10.9. The Labute approximate surface area is 208 Å². The summed E-state index contributed by atoms with van der Waals surface area (Å²) < 4.78 is 97.1. The maximum atomic E-state index is 14.3. The third-order valence-corrected chi connectivity index (χ3v) is 7.52. The van der Waals surface area contributed by atoms with Crippen LogP contribution >= 0.6 is 0 Å². The minimum Gasteiger partial charge on any atom is -0.417 e. The molecule has 1 saturated heterocycles. The van der Waals surface area contributed by atoms with Gasteiger partial charge in [0.25, 0.3) is 0 Å². The van der Waals surface area contributed by atoms with E-state index in [9.17, 15) is 35.2 Å². The maximum Gasteiger partial charge on any atom is 0.388 e. The lowest BCUT2D eigenvalue weighted by Crippen LogP contribution is -2.45. The predicted octanol–water partition coefficient (Wildman–Crippen LogP) is 4.05. The molecule has 3 aromatic rings. The molecule has 1 amide bonds. The number of hydrogen-bond donors (Lipinski definition) is 1. The number of alkyl halides is 3. The minimum absolute atomic E-state index is 0.207. The normalized spacial score (nSPS) is 18.2. The van der Waals surface area contributed by atoms with Crippen molar-refractivity contribution in [3.8, 4) is 17.0 Å². The van der Waals surface area contributed by atoms with Crippen LogP contribution in [0.1, 0.15) is 12.0 Å². The van der Waals surface area contributed by atoms with E-state index in [0.717, 1.165) is 34.6 Å². The lowest BCUT2D eigenvalue weighted by Gasteiger charge is -2.23. The van der Waals surface area contributed by atoms with Gasteiger partial charge in [-0.15, -0.1) is 0 Å². The zero-order valence-electron chi connectivity index (χ0n) is 19.0. The van der Waals surface area contributed by atoms with Crippen molar-refractivity contribution in [2.24, 2.45) is 0 Å². The van der Waals surface area contributed by atoms with Gasteiger partial charge in [-0.1, -0.05) is 0 Å². The van der Waals surface area contributed by atoms with Gasteiger partial charge in [0.15, 0.2) is 0 Å². The molecule has 0 aliphatic carbocycles. The van der Waals surface area contributed by atoms with Crippen molar-refractivity contribution in [1.29, 1.82) is 0 Å². The number of benzene rings is 2. The molecule has 37 heavy (non-hydrogen) atoms. The second-order valence-corrected chi connectivity index (χ2v) is 10.1. The Morgan fingerprint density at radius 2 is 1.78 bits per heavy atom. The number of pyridine rings is 1. The maximum absolute atomic E-state index is 14.3. The molecule has 4 rings (SSSR count). The highest BCUT2D eigenvalue weighted by atomic mass is 32.2. The Balaban J connectivity index is 1.48. The van der Waals surface area contributed by atoms with Crippen LogP contribution in [0.5, 0.6) is 5.88 Å². The third kappa shape index (κ3) is 6.23. The number of halogens is 5. The molecule has 2 aromatic carbocycles. The zero-order valence-corrected chi connectivity index (χ0v) is 19.8. The highest BCUT2D eigenvalue weighted by molar-refractivity contribution is 7.89. The Bertz CT molecular complexity index is 1370. The summed E-state index contributed by atoms with van der Waals surface area (Å²) in [5.74, 6) is -2.40. The van der Waals surface area contributed by atoms with E-state index in [0.29, 0.717) is 16.7 Å². The van der Waals surface area contributed by atoms with Gasteiger partial charge in [0, 0.05) is 37.3 Å². The number of aromatic nitrogens is 1. The second-order valence-electron chi connectivity index (χ2n) is 8.21. The summed E-state index contributed by atoms with van der Waals surface area (Å²) in [5, 5.41) is 2.50. The minimum atomic E-state index is -4.28. The largest absolute Gasteiger partial charge is 0.417 e. The Morgan fingerprint density at radius 3 is 2.43 bits per heavy atom. The van der Waals surface area contributed by atoms with E-state index in [4.69, 9.17) is 0 Å². The molecule has 1 N–H and O–H groups in total. The number of ether oxygens (including phenoxy) is 1. The number of carbonyl (C=O) groups excluding carboxylic acids is 1. The fourth-order valence-electron chi connectivity index (χ4n) is 3.94. The summed E-state index contributed by atoms with van der Waals surface area (Å²) in [4.78, 5) is 16.3. The topological polar surface area (TPSA) is 88.6 Å². The standard InChI is InChI=1S/C24H20F5N3O4S/c25-17-2-4-20(5-3-17)37(34,35)32-13-19(27)10-21(32)23(33)31-11-14-7-16(9-18(26)8-14)15-1-6-22(30-12-15)36-24(28)29/h1-9,12,19,21,24H,10-11,13H2,(H,31,33). The molecule has 7 nitrogen and oxygen atoms in total. The Kier molecular flexibility index (Phi) is 7.73. The van der Waals surface area contributed by atoms with Crippen LogP contribution in [0.4, 0.5) is 22.0 Å². The highest BCUT2D eigenvalue weighted by Gasteiger charge is 2.44. The number of nitrogens with one attached hydrogen (secondary N) is 1.